The van der Waals surface area contributed by atoms with Crippen molar-refractivity contribution in [2.45, 2.75) is 57.2 Å². The number of nitrogens with zero attached hydrogens (tertiary/aromatic N) is 3. The normalized spacial score (nSPS) is 18.7. The molecule has 1 aliphatic heterocycles. The Labute approximate surface area is 220 Å². The van der Waals surface area contributed by atoms with Crippen molar-refractivity contribution in [1.82, 2.24) is 9.13 Å². The van der Waals surface area contributed by atoms with Gasteiger partial charge >= 0.3 is 17.8 Å². The Morgan fingerprint density at radius 1 is 1.10 bits per heavy atom. The summed E-state index contributed by atoms with van der Waals surface area (Å²) in [4.78, 5) is 53.1. The molecule has 39 heavy (non-hydrogen) atoms. The maximum absolute atomic E-state index is 13.8. The van der Waals surface area contributed by atoms with E-state index >= 15 is 0 Å². The molecule has 1 aromatic heterocycles. The molecule has 2 heterocycles. The summed E-state index contributed by atoms with van der Waals surface area (Å²) in [6, 6.07) is 7.51. The topological polar surface area (TPSA) is 102 Å². The molecule has 8 nitrogen and oxygen atoms in total. The number of carbonyl (C=O) groups excluding carboxylic acids is 1. The molecule has 0 saturated carbocycles. The van der Waals surface area contributed by atoms with Crippen molar-refractivity contribution >= 4 is 17.6 Å². The van der Waals surface area contributed by atoms with Crippen molar-refractivity contribution < 1.29 is 27.9 Å². The van der Waals surface area contributed by atoms with Crippen molar-refractivity contribution in [2.75, 3.05) is 11.9 Å². The number of carboxylic acids is 1. The van der Waals surface area contributed by atoms with Crippen LogP contribution < -0.4 is 16.1 Å². The zero-order valence-electron chi connectivity index (χ0n) is 21.3. The number of hydrogen-bond acceptors (Lipinski definition) is 4. The van der Waals surface area contributed by atoms with E-state index in [1.807, 2.05) is 6.92 Å². The molecule has 0 fully saturated rings. The van der Waals surface area contributed by atoms with Gasteiger partial charge in [-0.05, 0) is 66.1 Å². The van der Waals surface area contributed by atoms with E-state index < -0.39 is 40.6 Å². The highest BCUT2D eigenvalue weighted by atomic mass is 19.4. The lowest BCUT2D eigenvalue weighted by Gasteiger charge is -2.32. The molecule has 1 unspecified atom stereocenters. The lowest BCUT2D eigenvalue weighted by atomic mass is 9.86. The minimum atomic E-state index is -4.61. The molecule has 1 N–H and O–H groups in total. The highest BCUT2D eigenvalue weighted by Gasteiger charge is 2.39. The average Bonchev–Trinajstić information content (AvgIpc) is 3.30. The number of carbonyl (C=O) groups is 2. The number of aromatic carboxylic acids is 1. The van der Waals surface area contributed by atoms with Crippen LogP contribution in [0.25, 0.3) is 5.69 Å². The van der Waals surface area contributed by atoms with Gasteiger partial charge in [0.05, 0.1) is 17.3 Å². The molecule has 5 rings (SSSR count). The van der Waals surface area contributed by atoms with Crippen LogP contribution in [0.15, 0.2) is 52.2 Å². The van der Waals surface area contributed by atoms with Crippen LogP contribution in [0.3, 0.4) is 0 Å². The van der Waals surface area contributed by atoms with Crippen LogP contribution >= 0.6 is 0 Å². The smallest absolute Gasteiger partial charge is 0.416 e. The lowest BCUT2D eigenvalue weighted by molar-refractivity contribution is -0.138. The quantitative estimate of drug-likeness (QED) is 0.513. The lowest BCUT2D eigenvalue weighted by Crippen LogP contribution is -2.44. The summed E-state index contributed by atoms with van der Waals surface area (Å²) >= 11 is 0. The van der Waals surface area contributed by atoms with Gasteiger partial charge in [0, 0.05) is 25.4 Å². The summed E-state index contributed by atoms with van der Waals surface area (Å²) in [5.74, 6) is -1.70. The molecule has 2 atom stereocenters. The minimum Gasteiger partial charge on any atom is -0.477 e. The molecule has 2 aromatic carbocycles. The van der Waals surface area contributed by atoms with Crippen molar-refractivity contribution in [2.24, 2.45) is 0 Å². The number of alkyl halides is 3. The van der Waals surface area contributed by atoms with Gasteiger partial charge in [0.1, 0.15) is 5.56 Å². The van der Waals surface area contributed by atoms with E-state index in [0.717, 1.165) is 39.8 Å². The fourth-order valence-electron chi connectivity index (χ4n) is 5.87. The molecule has 0 saturated heterocycles. The first-order valence-electron chi connectivity index (χ1n) is 12.6. The van der Waals surface area contributed by atoms with Crippen molar-refractivity contribution in [3.8, 4) is 5.69 Å². The average molecular weight is 542 g/mol. The fraction of sp³-hybridized carbons (Fsp3) is 0.357. The molecule has 0 radical (unpaired) electrons. The Hall–Kier alpha value is -4.15. The van der Waals surface area contributed by atoms with Gasteiger partial charge in [-0.3, -0.25) is 18.7 Å². The van der Waals surface area contributed by atoms with Crippen LogP contribution in [0.5, 0.6) is 0 Å². The van der Waals surface area contributed by atoms with Crippen LogP contribution in [0.2, 0.25) is 0 Å². The van der Waals surface area contributed by atoms with Gasteiger partial charge in [0.15, 0.2) is 0 Å². The van der Waals surface area contributed by atoms with Gasteiger partial charge in [-0.15, -0.1) is 0 Å². The summed E-state index contributed by atoms with van der Waals surface area (Å²) in [5, 5.41) is 9.79. The van der Waals surface area contributed by atoms with Gasteiger partial charge in [0.2, 0.25) is 5.91 Å². The maximum atomic E-state index is 13.8. The van der Waals surface area contributed by atoms with Crippen LogP contribution in [0.1, 0.15) is 77.2 Å². The molecular weight excluding hydrogens is 515 g/mol. The molecule has 11 heteroatoms. The molecule has 3 aromatic rings. The molecule has 0 spiro atoms. The molecule has 2 aliphatic rings. The van der Waals surface area contributed by atoms with Crippen molar-refractivity contribution in [3.05, 3.63) is 91.3 Å². The number of rotatable bonds is 5. The Bertz CT molecular complexity index is 1620. The van der Waals surface area contributed by atoms with E-state index in [9.17, 15) is 37.5 Å². The van der Waals surface area contributed by atoms with Crippen LogP contribution in [-0.2, 0) is 17.4 Å². The van der Waals surface area contributed by atoms with E-state index in [1.165, 1.54) is 17.0 Å². The highest BCUT2D eigenvalue weighted by molar-refractivity contribution is 5.96. The number of halogens is 3. The highest BCUT2D eigenvalue weighted by Crippen LogP contribution is 2.42. The Morgan fingerprint density at radius 2 is 1.85 bits per heavy atom. The van der Waals surface area contributed by atoms with E-state index in [4.69, 9.17) is 0 Å². The molecule has 1 aliphatic carbocycles. The first-order valence-corrected chi connectivity index (χ1v) is 12.6. The molecule has 204 valence electrons. The molecule has 0 bridgehead atoms. The third kappa shape index (κ3) is 4.35. The van der Waals surface area contributed by atoms with Gasteiger partial charge in [0.25, 0.3) is 5.56 Å². The number of aromatic nitrogens is 2. The summed E-state index contributed by atoms with van der Waals surface area (Å²) in [5.41, 5.74) is -1.48. The number of amides is 1. The first-order chi connectivity index (χ1) is 18.4. The molecule has 1 amide bonds. The predicted molar refractivity (Wildman–Crippen MR) is 137 cm³/mol. The van der Waals surface area contributed by atoms with Crippen LogP contribution in [-0.4, -0.2) is 33.2 Å². The van der Waals surface area contributed by atoms with Crippen molar-refractivity contribution in [1.29, 1.82) is 0 Å². The van der Waals surface area contributed by atoms with Crippen molar-refractivity contribution in [3.63, 3.8) is 0 Å². The third-order valence-corrected chi connectivity index (χ3v) is 7.73. The second-order valence-electron chi connectivity index (χ2n) is 9.99. The third-order valence-electron chi connectivity index (χ3n) is 7.73. The number of carboxylic acid groups (broad SMARTS) is 1. The Kier molecular flexibility index (Phi) is 6.48. The summed E-state index contributed by atoms with van der Waals surface area (Å²) in [7, 11) is 1.66. The number of fused-ring (bicyclic) bond motifs is 2. The Balaban J connectivity index is 1.71. The maximum Gasteiger partial charge on any atom is 0.416 e. The van der Waals surface area contributed by atoms with E-state index in [1.54, 1.807) is 25.2 Å². The Morgan fingerprint density at radius 3 is 2.51 bits per heavy atom. The zero-order valence-corrected chi connectivity index (χ0v) is 21.3. The summed E-state index contributed by atoms with van der Waals surface area (Å²) in [6.07, 6.45) is -1.80. The molecular formula is C28H26F3N3O5. The van der Waals surface area contributed by atoms with E-state index in [0.29, 0.717) is 11.4 Å². The summed E-state index contributed by atoms with van der Waals surface area (Å²) in [6.45, 7) is 2.00. The second-order valence-corrected chi connectivity index (χ2v) is 9.99. The number of hydrogen-bond donors (Lipinski definition) is 1. The van der Waals surface area contributed by atoms with Gasteiger partial charge in [-0.1, -0.05) is 25.5 Å². The fourth-order valence-corrected chi connectivity index (χ4v) is 5.87. The second kappa shape index (κ2) is 9.55. The summed E-state index contributed by atoms with van der Waals surface area (Å²) < 4.78 is 42.7. The SMILES string of the molecule is CCCC1CC(=O)N(C)c2ccc(-n3cc(C(=O)O)c(=O)n([C@@H]4CCc5c4cccc5C(F)(F)F)c3=O)cc21. The number of anilines is 1. The van der Waals surface area contributed by atoms with E-state index in [2.05, 4.69) is 0 Å². The monoisotopic (exact) mass is 541 g/mol. The zero-order chi connectivity index (χ0) is 28.2. The van der Waals surface area contributed by atoms with Gasteiger partial charge in [-0.25, -0.2) is 9.59 Å². The van der Waals surface area contributed by atoms with E-state index in [-0.39, 0.29) is 42.2 Å². The largest absolute Gasteiger partial charge is 0.477 e. The predicted octanol–water partition coefficient (Wildman–Crippen LogP) is 4.50. The standard InChI is InChI=1S/C28H26F3N3O5/c1-3-5-15-12-24(35)32(2)22-10-8-16(13-19(15)22)33-14-20(26(37)38)25(36)34(27(33)39)23-11-9-17-18(23)6-4-7-21(17)28(29,30)31/h4,6-8,10,13-15,23H,3,5,9,11-12H2,1-2H3,(H,37,38)/t15?,23-/m1/s1. The van der Waals surface area contributed by atoms with Crippen LogP contribution in [0.4, 0.5) is 18.9 Å². The van der Waals surface area contributed by atoms with Gasteiger partial charge < -0.3 is 10.0 Å². The first kappa shape index (κ1) is 26.5. The van der Waals surface area contributed by atoms with Gasteiger partial charge in [-0.2, -0.15) is 13.2 Å². The van der Waals surface area contributed by atoms with Crippen LogP contribution in [0, 0.1) is 0 Å². The minimum absolute atomic E-state index is 0.00234. The number of benzene rings is 2.